The second-order valence-electron chi connectivity index (χ2n) is 6.03. The van der Waals surface area contributed by atoms with Gasteiger partial charge < -0.3 is 20.0 Å². The first-order valence-corrected chi connectivity index (χ1v) is 9.77. The predicted molar refractivity (Wildman–Crippen MR) is 96.8 cm³/mol. The highest BCUT2D eigenvalue weighted by molar-refractivity contribution is 7.89. The summed E-state index contributed by atoms with van der Waals surface area (Å²) in [7, 11) is -2.28. The Kier molecular flexibility index (Phi) is 8.53. The third-order valence-electron chi connectivity index (χ3n) is 4.07. The number of amides is 1. The van der Waals surface area contributed by atoms with Gasteiger partial charge in [0.1, 0.15) is 12.0 Å². The molecule has 0 aliphatic heterocycles. The fourth-order valence-corrected chi connectivity index (χ4v) is 3.87. The summed E-state index contributed by atoms with van der Waals surface area (Å²) in [5.41, 5.74) is 0. The Morgan fingerprint density at radius 3 is 2.42 bits per heavy atom. The van der Waals surface area contributed by atoms with Crippen molar-refractivity contribution in [2.45, 2.75) is 37.6 Å². The molecule has 0 spiro atoms. The lowest BCUT2D eigenvalue weighted by molar-refractivity contribution is -0.109. The van der Waals surface area contributed by atoms with Crippen molar-refractivity contribution in [3.8, 4) is 5.75 Å². The maximum Gasteiger partial charge on any atom is 0.405 e. The number of sulfonamides is 1. The molecule has 9 heteroatoms. The molecule has 1 rings (SSSR count). The van der Waals surface area contributed by atoms with E-state index in [2.05, 4.69) is 5.32 Å². The van der Waals surface area contributed by atoms with Crippen LogP contribution in [0.3, 0.4) is 0 Å². The Labute approximate surface area is 154 Å². The first-order chi connectivity index (χ1) is 12.2. The Morgan fingerprint density at radius 1 is 1.35 bits per heavy atom. The fourth-order valence-electron chi connectivity index (χ4n) is 2.30. The van der Waals surface area contributed by atoms with E-state index in [4.69, 9.17) is 9.84 Å². The van der Waals surface area contributed by atoms with Gasteiger partial charge in [0.25, 0.3) is 0 Å². The van der Waals surface area contributed by atoms with Crippen LogP contribution >= 0.6 is 0 Å². The second-order valence-corrected chi connectivity index (χ2v) is 7.97. The predicted octanol–water partition coefficient (Wildman–Crippen LogP) is 1.96. The average molecular weight is 386 g/mol. The molecule has 26 heavy (non-hydrogen) atoms. The van der Waals surface area contributed by atoms with Crippen LogP contribution in [0.4, 0.5) is 4.79 Å². The van der Waals surface area contributed by atoms with E-state index in [-0.39, 0.29) is 30.3 Å². The number of aldehydes is 1. The first kappa shape index (κ1) is 21.9. The number of nitrogens with zero attached hydrogens (tertiary/aromatic N) is 1. The molecule has 0 saturated carbocycles. The van der Waals surface area contributed by atoms with Crippen LogP contribution in [0.15, 0.2) is 29.2 Å². The van der Waals surface area contributed by atoms with Crippen LogP contribution < -0.4 is 10.1 Å². The van der Waals surface area contributed by atoms with Crippen LogP contribution in [0.25, 0.3) is 0 Å². The lowest BCUT2D eigenvalue weighted by atomic mass is 10.1. The highest BCUT2D eigenvalue weighted by Crippen LogP contribution is 2.21. The van der Waals surface area contributed by atoms with Gasteiger partial charge in [0.05, 0.1) is 18.0 Å². The molecule has 0 saturated heterocycles. The zero-order chi connectivity index (χ0) is 19.7. The molecule has 2 atom stereocenters. The standard InChI is InChI=1S/C17H26N2O6S/c1-4-13(2)11-19(10-9-14(12-20)18-17(21)22)26(23,24)16-7-5-15(25-3)6-8-16/h5-8,12-14,18H,4,9-11H2,1-3H3,(H,21,22)/t13?,14-/m1/s1. The molecule has 0 aromatic heterocycles. The summed E-state index contributed by atoms with van der Waals surface area (Å²) in [6.45, 7) is 4.21. The third kappa shape index (κ3) is 6.30. The lowest BCUT2D eigenvalue weighted by Gasteiger charge is -2.26. The molecule has 1 aromatic carbocycles. The van der Waals surface area contributed by atoms with Crippen molar-refractivity contribution in [2.75, 3.05) is 20.2 Å². The van der Waals surface area contributed by atoms with E-state index < -0.39 is 22.2 Å². The number of methoxy groups -OCH3 is 1. The van der Waals surface area contributed by atoms with E-state index in [0.717, 1.165) is 6.42 Å². The number of ether oxygens (including phenoxy) is 1. The van der Waals surface area contributed by atoms with Crippen molar-refractivity contribution in [2.24, 2.45) is 5.92 Å². The van der Waals surface area contributed by atoms with Crippen LogP contribution in [-0.4, -0.2) is 56.5 Å². The molecule has 0 heterocycles. The molecule has 0 fully saturated rings. The minimum absolute atomic E-state index is 0.0301. The van der Waals surface area contributed by atoms with Gasteiger partial charge in [0.15, 0.2) is 0 Å². The zero-order valence-corrected chi connectivity index (χ0v) is 16.0. The molecule has 1 unspecified atom stereocenters. The van der Waals surface area contributed by atoms with Crippen molar-refractivity contribution in [1.29, 1.82) is 0 Å². The van der Waals surface area contributed by atoms with Gasteiger partial charge >= 0.3 is 6.09 Å². The Morgan fingerprint density at radius 2 is 1.96 bits per heavy atom. The minimum atomic E-state index is -3.78. The second kappa shape index (κ2) is 10.1. The van der Waals surface area contributed by atoms with Crippen LogP contribution in [-0.2, 0) is 14.8 Å². The summed E-state index contributed by atoms with van der Waals surface area (Å²) in [5.74, 6) is 0.661. The van der Waals surface area contributed by atoms with E-state index in [1.807, 2.05) is 13.8 Å². The maximum atomic E-state index is 13.0. The number of benzene rings is 1. The van der Waals surface area contributed by atoms with Gasteiger partial charge in [-0.15, -0.1) is 0 Å². The number of carbonyl (C=O) groups is 2. The van der Waals surface area contributed by atoms with Gasteiger partial charge in [-0.25, -0.2) is 13.2 Å². The average Bonchev–Trinajstić information content (AvgIpc) is 2.63. The number of hydrogen-bond donors (Lipinski definition) is 2. The van der Waals surface area contributed by atoms with Gasteiger partial charge in [-0.3, -0.25) is 0 Å². The van der Waals surface area contributed by atoms with E-state index in [9.17, 15) is 18.0 Å². The molecule has 1 amide bonds. The number of nitrogens with one attached hydrogen (secondary N) is 1. The molecule has 8 nitrogen and oxygen atoms in total. The Hall–Kier alpha value is -2.13. The van der Waals surface area contributed by atoms with Crippen molar-refractivity contribution in [3.05, 3.63) is 24.3 Å². The highest BCUT2D eigenvalue weighted by atomic mass is 32.2. The SMILES string of the molecule is CCC(C)CN(CC[C@H](C=O)NC(=O)O)S(=O)(=O)c1ccc(OC)cc1. The third-order valence-corrected chi connectivity index (χ3v) is 5.95. The van der Waals surface area contributed by atoms with Crippen LogP contribution in [0.1, 0.15) is 26.7 Å². The Bertz CT molecular complexity index is 690. The topological polar surface area (TPSA) is 113 Å². The maximum absolute atomic E-state index is 13.0. The largest absolute Gasteiger partial charge is 0.497 e. The molecule has 0 bridgehead atoms. The summed E-state index contributed by atoms with van der Waals surface area (Å²) < 4.78 is 32.3. The Balaban J connectivity index is 3.02. The number of carbonyl (C=O) groups excluding carboxylic acids is 1. The van der Waals surface area contributed by atoms with E-state index in [1.165, 1.54) is 23.5 Å². The van der Waals surface area contributed by atoms with E-state index >= 15 is 0 Å². The lowest BCUT2D eigenvalue weighted by Crippen LogP contribution is -2.41. The minimum Gasteiger partial charge on any atom is -0.497 e. The fraction of sp³-hybridized carbons (Fsp3) is 0.529. The smallest absolute Gasteiger partial charge is 0.405 e. The summed E-state index contributed by atoms with van der Waals surface area (Å²) in [6, 6.07) is 5.09. The van der Waals surface area contributed by atoms with Crippen molar-refractivity contribution >= 4 is 22.4 Å². The van der Waals surface area contributed by atoms with Crippen molar-refractivity contribution in [3.63, 3.8) is 0 Å². The molecular weight excluding hydrogens is 360 g/mol. The van der Waals surface area contributed by atoms with Gasteiger partial charge in [-0.1, -0.05) is 20.3 Å². The van der Waals surface area contributed by atoms with E-state index in [0.29, 0.717) is 12.0 Å². The quantitative estimate of drug-likeness (QED) is 0.562. The van der Waals surface area contributed by atoms with Gasteiger partial charge in [-0.2, -0.15) is 4.31 Å². The summed E-state index contributed by atoms with van der Waals surface area (Å²) in [5, 5.41) is 10.8. The molecular formula is C17H26N2O6S. The van der Waals surface area contributed by atoms with Gasteiger partial charge in [0, 0.05) is 13.1 Å². The molecule has 146 valence electrons. The molecule has 0 radical (unpaired) electrons. The normalized spacial score (nSPS) is 13.8. The van der Waals surface area contributed by atoms with Crippen molar-refractivity contribution < 1.29 is 27.9 Å². The number of hydrogen-bond acceptors (Lipinski definition) is 5. The van der Waals surface area contributed by atoms with Crippen molar-refractivity contribution in [1.82, 2.24) is 9.62 Å². The highest BCUT2D eigenvalue weighted by Gasteiger charge is 2.26. The molecule has 2 N–H and O–H groups in total. The monoisotopic (exact) mass is 386 g/mol. The zero-order valence-electron chi connectivity index (χ0n) is 15.2. The number of rotatable bonds is 11. The van der Waals surface area contributed by atoms with Crippen LogP contribution in [0.5, 0.6) is 5.75 Å². The summed E-state index contributed by atoms with van der Waals surface area (Å²) >= 11 is 0. The summed E-state index contributed by atoms with van der Waals surface area (Å²) in [4.78, 5) is 21.8. The van der Waals surface area contributed by atoms with Gasteiger partial charge in [-0.05, 0) is 36.6 Å². The molecule has 0 aliphatic carbocycles. The van der Waals surface area contributed by atoms with E-state index in [1.54, 1.807) is 12.1 Å². The molecule has 1 aromatic rings. The van der Waals surface area contributed by atoms with Crippen LogP contribution in [0.2, 0.25) is 0 Å². The first-order valence-electron chi connectivity index (χ1n) is 8.33. The molecule has 0 aliphatic rings. The van der Waals surface area contributed by atoms with Gasteiger partial charge in [0.2, 0.25) is 10.0 Å². The number of carboxylic acid groups (broad SMARTS) is 1. The van der Waals surface area contributed by atoms with Crippen LogP contribution in [0, 0.1) is 5.92 Å². The summed E-state index contributed by atoms with van der Waals surface area (Å²) in [6.07, 6.45) is -0.00962.